The number of thiophene rings is 1. The van der Waals surface area contributed by atoms with Gasteiger partial charge in [-0.25, -0.2) is 9.97 Å². The molecule has 3 heterocycles. The smallest absolute Gasteiger partial charge is 0.210 e. The van der Waals surface area contributed by atoms with Gasteiger partial charge in [0.1, 0.15) is 17.0 Å². The number of aryl methyl sites for hydroxylation is 2. The number of hydrogen-bond acceptors (Lipinski definition) is 8. The van der Waals surface area contributed by atoms with Crippen LogP contribution in [0.25, 0.3) is 10.2 Å². The number of benzene rings is 1. The molecule has 2 aliphatic rings. The summed E-state index contributed by atoms with van der Waals surface area (Å²) in [4.78, 5) is 24.2. The minimum Gasteiger partial charge on any atom is -0.398 e. The van der Waals surface area contributed by atoms with E-state index in [1.807, 2.05) is 25.1 Å². The summed E-state index contributed by atoms with van der Waals surface area (Å²) in [5.41, 5.74) is 8.86. The summed E-state index contributed by atoms with van der Waals surface area (Å²) in [6, 6.07) is 5.98. The zero-order valence-electron chi connectivity index (χ0n) is 17.5. The van der Waals surface area contributed by atoms with Crippen molar-refractivity contribution in [3.8, 4) is 0 Å². The number of nitrogens with one attached hydrogen (secondary N) is 1. The number of nitrogen functional groups attached to an aromatic ring is 1. The van der Waals surface area contributed by atoms with Gasteiger partial charge in [0.2, 0.25) is 6.41 Å². The van der Waals surface area contributed by atoms with Gasteiger partial charge < -0.3 is 20.7 Å². The molecular formula is C22H27N5O2S2. The molecule has 31 heavy (non-hydrogen) atoms. The second-order valence-corrected chi connectivity index (χ2v) is 9.34. The molecule has 9 heteroatoms. The molecule has 1 fully saturated rings. The number of thiol groups is 1. The number of amides is 1. The molecule has 7 nitrogen and oxygen atoms in total. The summed E-state index contributed by atoms with van der Waals surface area (Å²) in [5, 5.41) is 4.58. The largest absolute Gasteiger partial charge is 0.398 e. The summed E-state index contributed by atoms with van der Waals surface area (Å²) < 4.78 is 5.11. The molecule has 1 aliphatic carbocycles. The van der Waals surface area contributed by atoms with E-state index in [1.54, 1.807) is 22.6 Å². The topological polar surface area (TPSA) is 93.4 Å². The van der Waals surface area contributed by atoms with E-state index in [0.29, 0.717) is 18.9 Å². The van der Waals surface area contributed by atoms with E-state index in [2.05, 4.69) is 27.9 Å². The lowest BCUT2D eigenvalue weighted by molar-refractivity contribution is -0.125. The third kappa shape index (κ3) is 4.94. The Morgan fingerprint density at radius 3 is 2.90 bits per heavy atom. The molecule has 2 aromatic heterocycles. The van der Waals surface area contributed by atoms with Crippen molar-refractivity contribution in [3.63, 3.8) is 0 Å². The first-order chi connectivity index (χ1) is 15.1. The maximum absolute atomic E-state index is 10.2. The minimum absolute atomic E-state index is 0.260. The van der Waals surface area contributed by atoms with Gasteiger partial charge in [-0.1, -0.05) is 0 Å². The van der Waals surface area contributed by atoms with Gasteiger partial charge in [0.25, 0.3) is 0 Å². The summed E-state index contributed by atoms with van der Waals surface area (Å²) in [5.74, 6) is 0.877. The molecule has 0 spiro atoms. The lowest BCUT2D eigenvalue weighted by Gasteiger charge is -2.29. The molecule has 0 radical (unpaired) electrons. The number of ether oxygens (including phenoxy) is 1. The third-order valence-corrected chi connectivity index (χ3v) is 7.19. The van der Waals surface area contributed by atoms with Crippen LogP contribution in [0, 0.1) is 0 Å². The number of nitrogens with two attached hydrogens (primary N) is 1. The van der Waals surface area contributed by atoms with Gasteiger partial charge in [-0.15, -0.1) is 24.0 Å². The van der Waals surface area contributed by atoms with Crippen molar-refractivity contribution in [1.29, 1.82) is 0 Å². The highest BCUT2D eigenvalue weighted by Crippen LogP contribution is 2.39. The number of carbonyl (C=O) groups excluding carboxylic acids is 1. The van der Waals surface area contributed by atoms with Crippen LogP contribution in [0.15, 0.2) is 29.4 Å². The van der Waals surface area contributed by atoms with Crippen LogP contribution in [-0.4, -0.2) is 47.1 Å². The Bertz CT molecular complexity index is 1070. The van der Waals surface area contributed by atoms with Gasteiger partial charge in [0.15, 0.2) is 0 Å². The molecule has 0 bridgehead atoms. The molecule has 5 rings (SSSR count). The number of hydrogen-bond donors (Lipinski definition) is 3. The maximum atomic E-state index is 10.2. The fourth-order valence-electron chi connectivity index (χ4n) is 3.84. The summed E-state index contributed by atoms with van der Waals surface area (Å²) in [7, 11) is 0. The Hall–Kier alpha value is -2.36. The van der Waals surface area contributed by atoms with Crippen molar-refractivity contribution < 1.29 is 9.53 Å². The van der Waals surface area contributed by atoms with Crippen molar-refractivity contribution >= 4 is 57.8 Å². The minimum atomic E-state index is 0.260. The van der Waals surface area contributed by atoms with E-state index < -0.39 is 0 Å². The van der Waals surface area contributed by atoms with Gasteiger partial charge in [0, 0.05) is 27.7 Å². The molecule has 164 valence electrons. The Kier molecular flexibility index (Phi) is 6.94. The quantitative estimate of drug-likeness (QED) is 0.312. The molecule has 3 N–H and O–H groups in total. The number of fused-ring (bicyclic) bond motifs is 3. The molecule has 3 aromatic rings. The maximum Gasteiger partial charge on any atom is 0.210 e. The fourth-order valence-corrected chi connectivity index (χ4v) is 5.28. The van der Waals surface area contributed by atoms with E-state index in [9.17, 15) is 4.79 Å². The van der Waals surface area contributed by atoms with Crippen LogP contribution in [0.3, 0.4) is 0 Å². The first-order valence-corrected chi connectivity index (χ1v) is 11.7. The van der Waals surface area contributed by atoms with Crippen LogP contribution in [0.2, 0.25) is 0 Å². The number of rotatable bonds is 3. The average molecular weight is 458 g/mol. The predicted molar refractivity (Wildman–Crippen MR) is 128 cm³/mol. The first kappa shape index (κ1) is 21.9. The first-order valence-electron chi connectivity index (χ1n) is 10.5. The SMILES string of the molecule is CC1COCCN1C=O.Nc1ccc(Nc2ncnc3sc4c(c23)CCCC4)cc1S. The number of nitrogens with zero attached hydrogens (tertiary/aromatic N) is 3. The van der Waals surface area contributed by atoms with E-state index in [1.165, 1.54) is 35.1 Å². The molecule has 1 amide bonds. The normalized spacial score (nSPS) is 18.1. The van der Waals surface area contributed by atoms with Crippen molar-refractivity contribution in [3.05, 3.63) is 35.0 Å². The number of carbonyl (C=O) groups is 1. The molecule has 1 unspecified atom stereocenters. The van der Waals surface area contributed by atoms with Crippen LogP contribution in [0.4, 0.5) is 17.2 Å². The van der Waals surface area contributed by atoms with Crippen LogP contribution >= 0.6 is 24.0 Å². The molecule has 1 atom stereocenters. The van der Waals surface area contributed by atoms with E-state index >= 15 is 0 Å². The van der Waals surface area contributed by atoms with E-state index in [0.717, 1.165) is 40.6 Å². The highest BCUT2D eigenvalue weighted by molar-refractivity contribution is 7.80. The van der Waals surface area contributed by atoms with E-state index in [4.69, 9.17) is 10.5 Å². The molecule has 0 saturated carbocycles. The van der Waals surface area contributed by atoms with Crippen molar-refractivity contribution in [2.24, 2.45) is 0 Å². The second-order valence-electron chi connectivity index (χ2n) is 7.78. The van der Waals surface area contributed by atoms with Gasteiger partial charge in [0.05, 0.1) is 24.6 Å². The Balaban J connectivity index is 0.000000217. The standard InChI is InChI=1S/C16H16N4S2.C6H11NO2/c17-11-6-5-9(7-12(11)21)20-15-14-10-3-1-2-4-13(10)22-16(14)19-8-18-15;1-6-4-9-3-2-7(6)5-8/h5-8,21H,1-4,17H2,(H,18,19,20);5-6H,2-4H2,1H3. The highest BCUT2D eigenvalue weighted by Gasteiger charge is 2.20. The fraction of sp³-hybridized carbons (Fsp3) is 0.409. The third-order valence-electron chi connectivity index (χ3n) is 5.60. The monoisotopic (exact) mass is 457 g/mol. The number of aromatic nitrogens is 2. The molecule has 1 aliphatic heterocycles. The van der Waals surface area contributed by atoms with Crippen LogP contribution in [0.1, 0.15) is 30.2 Å². The van der Waals surface area contributed by atoms with Crippen molar-refractivity contribution in [2.45, 2.75) is 43.5 Å². The van der Waals surface area contributed by atoms with Crippen LogP contribution in [-0.2, 0) is 22.4 Å². The zero-order chi connectivity index (χ0) is 21.8. The average Bonchev–Trinajstić information content (AvgIpc) is 3.17. The summed E-state index contributed by atoms with van der Waals surface area (Å²) in [6.45, 7) is 4.08. The second kappa shape index (κ2) is 9.84. The van der Waals surface area contributed by atoms with Crippen molar-refractivity contribution in [1.82, 2.24) is 14.9 Å². The summed E-state index contributed by atoms with van der Waals surface area (Å²) >= 11 is 6.18. The predicted octanol–water partition coefficient (Wildman–Crippen LogP) is 4.05. The van der Waals surface area contributed by atoms with Crippen LogP contribution < -0.4 is 11.1 Å². The lowest BCUT2D eigenvalue weighted by atomic mass is 9.97. The highest BCUT2D eigenvalue weighted by atomic mass is 32.1. The summed E-state index contributed by atoms with van der Waals surface area (Å²) in [6.07, 6.45) is 7.32. The van der Waals surface area contributed by atoms with Crippen LogP contribution in [0.5, 0.6) is 0 Å². The van der Waals surface area contributed by atoms with Gasteiger partial charge >= 0.3 is 0 Å². The number of morpholine rings is 1. The Morgan fingerprint density at radius 2 is 2.16 bits per heavy atom. The van der Waals surface area contributed by atoms with Crippen molar-refractivity contribution in [2.75, 3.05) is 30.8 Å². The molecule has 1 aromatic carbocycles. The Morgan fingerprint density at radius 1 is 1.32 bits per heavy atom. The lowest BCUT2D eigenvalue weighted by Crippen LogP contribution is -2.42. The number of anilines is 3. The van der Waals surface area contributed by atoms with Gasteiger partial charge in [-0.2, -0.15) is 0 Å². The Labute approximate surface area is 191 Å². The zero-order valence-corrected chi connectivity index (χ0v) is 19.2. The molecular weight excluding hydrogens is 430 g/mol. The van der Waals surface area contributed by atoms with Gasteiger partial charge in [-0.3, -0.25) is 4.79 Å². The van der Waals surface area contributed by atoms with Gasteiger partial charge in [-0.05, 0) is 56.4 Å². The van der Waals surface area contributed by atoms with E-state index in [-0.39, 0.29) is 6.04 Å². The molecule has 1 saturated heterocycles.